The lowest BCUT2D eigenvalue weighted by molar-refractivity contribution is 0.104. The number of hydrogen-bond acceptors (Lipinski definition) is 5. The molecule has 0 aliphatic heterocycles. The van der Waals surface area contributed by atoms with Crippen molar-refractivity contribution in [2.45, 2.75) is 13.0 Å². The molecule has 0 fully saturated rings. The van der Waals surface area contributed by atoms with E-state index < -0.39 is 0 Å². The summed E-state index contributed by atoms with van der Waals surface area (Å²) in [6, 6.07) is 16.3. The van der Waals surface area contributed by atoms with Crippen molar-refractivity contribution in [3.63, 3.8) is 0 Å². The molecule has 0 saturated heterocycles. The Morgan fingerprint density at radius 3 is 2.52 bits per heavy atom. The van der Waals surface area contributed by atoms with Crippen molar-refractivity contribution in [1.82, 2.24) is 15.6 Å². The second kappa shape index (κ2) is 10.6. The topological polar surface area (TPSA) is 83.1 Å². The molecule has 3 rings (SSSR count). The fourth-order valence-electron chi connectivity index (χ4n) is 2.56. The van der Waals surface area contributed by atoms with Gasteiger partial charge in [-0.05, 0) is 18.1 Å². The van der Waals surface area contributed by atoms with E-state index in [2.05, 4.69) is 20.9 Å². The Bertz CT molecular complexity index is 962. The predicted octanol–water partition coefficient (Wildman–Crippen LogP) is 4.33. The van der Waals surface area contributed by atoms with Crippen molar-refractivity contribution in [2.75, 3.05) is 18.4 Å². The van der Waals surface area contributed by atoms with Crippen molar-refractivity contribution < 1.29 is 9.59 Å². The van der Waals surface area contributed by atoms with Crippen LogP contribution in [0.15, 0.2) is 60.8 Å². The number of amides is 2. The molecular formula is C21H21ClN4O2S. The summed E-state index contributed by atoms with van der Waals surface area (Å²) in [5, 5.41) is 10.1. The highest BCUT2D eigenvalue weighted by Crippen LogP contribution is 2.21. The normalized spacial score (nSPS) is 10.4. The lowest BCUT2D eigenvalue weighted by Gasteiger charge is -2.09. The number of rotatable bonds is 9. The molecule has 0 aliphatic carbocycles. The number of urea groups is 1. The lowest BCUT2D eigenvalue weighted by atomic mass is 10.1. The fourth-order valence-corrected chi connectivity index (χ4v) is 3.56. The van der Waals surface area contributed by atoms with Crippen LogP contribution in [0.3, 0.4) is 0 Å². The van der Waals surface area contributed by atoms with Gasteiger partial charge in [-0.1, -0.05) is 71.5 Å². The standard InChI is InChI=1S/C21H21ClN4O2S/c22-17-10-5-4-9-16(17)13-25-20(28)23-11-6-12-24-21-26-14-18(29-21)19(27)15-7-2-1-3-8-15/h1-5,7-10,14H,6,11-13H2,(H,24,26)(H2,23,25,28). The van der Waals surface area contributed by atoms with Crippen molar-refractivity contribution in [1.29, 1.82) is 0 Å². The second-order valence-corrected chi connectivity index (χ2v) is 7.64. The third-order valence-corrected chi connectivity index (χ3v) is 5.40. The van der Waals surface area contributed by atoms with Crippen LogP contribution in [0.1, 0.15) is 27.2 Å². The van der Waals surface area contributed by atoms with E-state index >= 15 is 0 Å². The van der Waals surface area contributed by atoms with Crippen molar-refractivity contribution in [2.24, 2.45) is 0 Å². The van der Waals surface area contributed by atoms with Gasteiger partial charge in [0.2, 0.25) is 5.78 Å². The Morgan fingerprint density at radius 1 is 0.966 bits per heavy atom. The average molecular weight is 429 g/mol. The molecule has 0 radical (unpaired) electrons. The van der Waals surface area contributed by atoms with Gasteiger partial charge in [-0.2, -0.15) is 0 Å². The number of hydrogen-bond donors (Lipinski definition) is 3. The van der Waals surface area contributed by atoms with Gasteiger partial charge < -0.3 is 16.0 Å². The Morgan fingerprint density at radius 2 is 1.72 bits per heavy atom. The summed E-state index contributed by atoms with van der Waals surface area (Å²) >= 11 is 7.38. The number of anilines is 1. The number of carbonyl (C=O) groups excluding carboxylic acids is 2. The highest BCUT2D eigenvalue weighted by atomic mass is 35.5. The molecule has 2 amide bonds. The van der Waals surface area contributed by atoms with E-state index in [0.29, 0.717) is 40.2 Å². The number of nitrogens with one attached hydrogen (secondary N) is 3. The second-order valence-electron chi connectivity index (χ2n) is 6.21. The molecule has 0 atom stereocenters. The Kier molecular flexibility index (Phi) is 7.61. The van der Waals surface area contributed by atoms with E-state index in [-0.39, 0.29) is 11.8 Å². The van der Waals surface area contributed by atoms with Crippen LogP contribution in [0.5, 0.6) is 0 Å². The van der Waals surface area contributed by atoms with Crippen molar-refractivity contribution in [3.8, 4) is 0 Å². The molecule has 0 saturated carbocycles. The minimum Gasteiger partial charge on any atom is -0.361 e. The third-order valence-electron chi connectivity index (χ3n) is 4.08. The summed E-state index contributed by atoms with van der Waals surface area (Å²) in [4.78, 5) is 29.1. The van der Waals surface area contributed by atoms with Crippen LogP contribution in [-0.2, 0) is 6.54 Å². The summed E-state index contributed by atoms with van der Waals surface area (Å²) in [5.41, 5.74) is 1.52. The first-order valence-corrected chi connectivity index (χ1v) is 10.4. The number of benzene rings is 2. The van der Waals surface area contributed by atoms with Crippen molar-refractivity contribution in [3.05, 3.63) is 81.8 Å². The van der Waals surface area contributed by atoms with Crippen LogP contribution in [0, 0.1) is 0 Å². The zero-order valence-electron chi connectivity index (χ0n) is 15.7. The van der Waals surface area contributed by atoms with Crippen LogP contribution in [0.25, 0.3) is 0 Å². The predicted molar refractivity (Wildman–Crippen MR) is 117 cm³/mol. The molecule has 150 valence electrons. The van der Waals surface area contributed by atoms with Gasteiger partial charge in [0.25, 0.3) is 0 Å². The van der Waals surface area contributed by atoms with Gasteiger partial charge >= 0.3 is 6.03 Å². The quantitative estimate of drug-likeness (QED) is 0.350. The van der Waals surface area contributed by atoms with E-state index in [4.69, 9.17) is 11.6 Å². The molecule has 0 unspecified atom stereocenters. The maximum atomic E-state index is 12.4. The lowest BCUT2D eigenvalue weighted by Crippen LogP contribution is -2.36. The summed E-state index contributed by atoms with van der Waals surface area (Å²) in [6.07, 6.45) is 2.31. The molecular weight excluding hydrogens is 408 g/mol. The molecule has 0 aliphatic rings. The summed E-state index contributed by atoms with van der Waals surface area (Å²) in [6.45, 7) is 1.53. The first kappa shape index (κ1) is 20.8. The maximum absolute atomic E-state index is 12.4. The van der Waals surface area contributed by atoms with Crippen LogP contribution in [-0.4, -0.2) is 29.9 Å². The van der Waals surface area contributed by atoms with Gasteiger partial charge in [-0.15, -0.1) is 0 Å². The molecule has 8 heteroatoms. The SMILES string of the molecule is O=C(NCCCNc1ncc(C(=O)c2ccccc2)s1)NCc1ccccc1Cl. The Labute approximate surface area is 178 Å². The number of thiazole rings is 1. The zero-order valence-corrected chi connectivity index (χ0v) is 17.2. The minimum atomic E-state index is -0.241. The molecule has 1 heterocycles. The fraction of sp³-hybridized carbons (Fsp3) is 0.190. The number of nitrogens with zero attached hydrogens (tertiary/aromatic N) is 1. The summed E-state index contributed by atoms with van der Waals surface area (Å²) < 4.78 is 0. The average Bonchev–Trinajstić information content (AvgIpc) is 3.22. The Hall–Kier alpha value is -2.90. The Balaban J connectivity index is 1.34. The minimum absolute atomic E-state index is 0.0343. The van der Waals surface area contributed by atoms with Crippen LogP contribution < -0.4 is 16.0 Å². The first-order valence-electron chi connectivity index (χ1n) is 9.18. The van der Waals surface area contributed by atoms with Gasteiger partial charge in [0.15, 0.2) is 5.13 Å². The number of aromatic nitrogens is 1. The summed E-state index contributed by atoms with van der Waals surface area (Å²) in [5.74, 6) is -0.0343. The van der Waals surface area contributed by atoms with Gasteiger partial charge in [-0.3, -0.25) is 4.79 Å². The molecule has 6 nitrogen and oxygen atoms in total. The largest absolute Gasteiger partial charge is 0.361 e. The van der Waals surface area contributed by atoms with Crippen molar-refractivity contribution >= 4 is 39.9 Å². The molecule has 1 aromatic heterocycles. The van der Waals surface area contributed by atoms with E-state index in [1.165, 1.54) is 11.3 Å². The molecule has 0 spiro atoms. The first-order chi connectivity index (χ1) is 14.1. The third kappa shape index (κ3) is 6.30. The van der Waals surface area contributed by atoms with Crippen LogP contribution in [0.4, 0.5) is 9.93 Å². The molecule has 29 heavy (non-hydrogen) atoms. The van der Waals surface area contributed by atoms with E-state index in [9.17, 15) is 9.59 Å². The maximum Gasteiger partial charge on any atom is 0.315 e. The zero-order chi connectivity index (χ0) is 20.5. The molecule has 3 N–H and O–H groups in total. The number of halogens is 1. The highest BCUT2D eigenvalue weighted by Gasteiger charge is 2.12. The number of ketones is 1. The monoisotopic (exact) mass is 428 g/mol. The van der Waals surface area contributed by atoms with Gasteiger partial charge in [0.05, 0.1) is 11.1 Å². The van der Waals surface area contributed by atoms with Crippen LogP contribution >= 0.6 is 22.9 Å². The van der Waals surface area contributed by atoms with E-state index in [1.54, 1.807) is 24.4 Å². The van der Waals surface area contributed by atoms with Gasteiger partial charge in [-0.25, -0.2) is 9.78 Å². The smallest absolute Gasteiger partial charge is 0.315 e. The van der Waals surface area contributed by atoms with E-state index in [1.807, 2.05) is 36.4 Å². The summed E-state index contributed by atoms with van der Waals surface area (Å²) in [7, 11) is 0. The molecule has 0 bridgehead atoms. The molecule has 2 aromatic carbocycles. The highest BCUT2D eigenvalue weighted by molar-refractivity contribution is 7.17. The van der Waals surface area contributed by atoms with E-state index in [0.717, 1.165) is 12.0 Å². The molecule has 3 aromatic rings. The number of carbonyl (C=O) groups is 2. The van der Waals surface area contributed by atoms with Crippen LogP contribution in [0.2, 0.25) is 5.02 Å². The van der Waals surface area contributed by atoms with Gasteiger partial charge in [0, 0.05) is 30.2 Å². The van der Waals surface area contributed by atoms with Gasteiger partial charge in [0.1, 0.15) is 0 Å².